The monoisotopic (exact) mass is 321 g/mol. The number of amidine groups is 1. The lowest BCUT2D eigenvalue weighted by atomic mass is 10.3. The number of nitrogens with one attached hydrogen (secondary N) is 2. The number of aliphatic hydroxyl groups is 1. The normalized spacial score (nSPS) is 10.5. The third-order valence-electron chi connectivity index (χ3n) is 2.48. The van der Waals surface area contributed by atoms with Gasteiger partial charge in [-0.25, -0.2) is 10.3 Å². The number of hydrogen-bond donors (Lipinski definition) is 4. The second-order valence-corrected chi connectivity index (χ2v) is 3.99. The van der Waals surface area contributed by atoms with Crippen LogP contribution >= 0.6 is 0 Å². The van der Waals surface area contributed by atoms with Crippen LogP contribution in [-0.2, 0) is 16.5 Å². The van der Waals surface area contributed by atoms with Crippen molar-refractivity contribution in [3.05, 3.63) is 54.4 Å². The SMILES string of the molecule is CN.COOOc1ccc(NC(O)=[NH+]Cc2ccccn2)cc1. The molecule has 0 fully saturated rings. The second kappa shape index (κ2) is 11.0. The van der Waals surface area contributed by atoms with E-state index in [1.165, 1.54) is 14.2 Å². The van der Waals surface area contributed by atoms with Crippen molar-refractivity contribution in [3.63, 3.8) is 0 Å². The highest BCUT2D eigenvalue weighted by Crippen LogP contribution is 2.15. The quantitative estimate of drug-likeness (QED) is 0.259. The van der Waals surface area contributed by atoms with Gasteiger partial charge in [0.05, 0.1) is 12.8 Å². The van der Waals surface area contributed by atoms with E-state index in [1.807, 2.05) is 18.2 Å². The van der Waals surface area contributed by atoms with Crippen LogP contribution in [0.4, 0.5) is 5.69 Å². The maximum atomic E-state index is 9.77. The highest BCUT2D eigenvalue weighted by atomic mass is 17.5. The Morgan fingerprint density at radius 3 is 2.57 bits per heavy atom. The Labute approximate surface area is 134 Å². The third-order valence-corrected chi connectivity index (χ3v) is 2.48. The minimum atomic E-state index is -0.0672. The fourth-order valence-corrected chi connectivity index (χ4v) is 1.53. The third kappa shape index (κ3) is 7.23. The predicted molar refractivity (Wildman–Crippen MR) is 85.4 cm³/mol. The maximum absolute atomic E-state index is 9.77. The van der Waals surface area contributed by atoms with E-state index in [-0.39, 0.29) is 6.02 Å². The number of aliphatic hydroxyl groups excluding tert-OH is 1. The first kappa shape index (κ1) is 18.4. The van der Waals surface area contributed by atoms with Gasteiger partial charge in [0, 0.05) is 6.20 Å². The lowest BCUT2D eigenvalue weighted by Gasteiger charge is -2.01. The molecule has 0 aliphatic carbocycles. The number of hydrogen-bond acceptors (Lipinski definition) is 5. The van der Waals surface area contributed by atoms with Gasteiger partial charge in [-0.3, -0.25) is 4.98 Å². The van der Waals surface area contributed by atoms with Gasteiger partial charge in [-0.05, 0) is 48.5 Å². The zero-order valence-corrected chi connectivity index (χ0v) is 13.0. The zero-order valence-electron chi connectivity index (χ0n) is 13.0. The van der Waals surface area contributed by atoms with Crippen molar-refractivity contribution < 1.29 is 24.9 Å². The topological polar surface area (TPSA) is 113 Å². The average Bonchev–Trinajstić information content (AvgIpc) is 2.62. The van der Waals surface area contributed by atoms with Crippen molar-refractivity contribution >= 4 is 11.7 Å². The summed E-state index contributed by atoms with van der Waals surface area (Å²) >= 11 is 0. The molecule has 2 aromatic rings. The van der Waals surface area contributed by atoms with Crippen LogP contribution in [-0.4, -0.2) is 30.3 Å². The molecule has 0 saturated heterocycles. The summed E-state index contributed by atoms with van der Waals surface area (Å²) in [7, 11) is 2.84. The van der Waals surface area contributed by atoms with Crippen LogP contribution in [0.15, 0.2) is 48.7 Å². The van der Waals surface area contributed by atoms with Crippen LogP contribution in [0.25, 0.3) is 0 Å². The highest BCUT2D eigenvalue weighted by molar-refractivity contribution is 5.82. The van der Waals surface area contributed by atoms with Gasteiger partial charge in [0.1, 0.15) is 12.2 Å². The number of benzene rings is 1. The number of nitrogens with zero attached hydrogens (tertiary/aromatic N) is 1. The molecule has 0 saturated carbocycles. The number of anilines is 1. The van der Waals surface area contributed by atoms with Gasteiger partial charge in [-0.2, -0.15) is 4.89 Å². The molecular weight excluding hydrogens is 300 g/mol. The van der Waals surface area contributed by atoms with Crippen LogP contribution < -0.4 is 20.9 Å². The van der Waals surface area contributed by atoms with E-state index in [9.17, 15) is 5.11 Å². The molecule has 0 bridgehead atoms. The minimum absolute atomic E-state index is 0.0672. The fraction of sp³-hybridized carbons (Fsp3) is 0.200. The maximum Gasteiger partial charge on any atom is 0.444 e. The first-order valence-electron chi connectivity index (χ1n) is 6.80. The van der Waals surface area contributed by atoms with Gasteiger partial charge in [0.25, 0.3) is 0 Å². The molecule has 8 nitrogen and oxygen atoms in total. The summed E-state index contributed by atoms with van der Waals surface area (Å²) in [6, 6.07) is 12.3. The summed E-state index contributed by atoms with van der Waals surface area (Å²) in [5.41, 5.74) is 6.01. The first-order valence-corrected chi connectivity index (χ1v) is 6.80. The molecule has 0 aliphatic heterocycles. The van der Waals surface area contributed by atoms with Crippen LogP contribution in [0.3, 0.4) is 0 Å². The number of aromatic nitrogens is 1. The molecule has 0 aliphatic rings. The molecule has 1 heterocycles. The lowest BCUT2D eigenvalue weighted by Crippen LogP contribution is -2.73. The molecule has 0 unspecified atom stereocenters. The molecule has 0 spiro atoms. The van der Waals surface area contributed by atoms with Crippen molar-refractivity contribution in [2.45, 2.75) is 6.54 Å². The van der Waals surface area contributed by atoms with Gasteiger partial charge in [-0.1, -0.05) is 6.07 Å². The molecule has 0 atom stereocenters. The molecule has 0 amide bonds. The first-order chi connectivity index (χ1) is 11.3. The predicted octanol–water partition coefficient (Wildman–Crippen LogP) is 0.135. The Balaban J connectivity index is 0.00000127. The molecule has 1 aromatic heterocycles. The van der Waals surface area contributed by atoms with E-state index < -0.39 is 0 Å². The van der Waals surface area contributed by atoms with E-state index in [0.29, 0.717) is 18.0 Å². The molecule has 5 N–H and O–H groups in total. The van der Waals surface area contributed by atoms with Gasteiger partial charge < -0.3 is 15.7 Å². The van der Waals surface area contributed by atoms with Crippen molar-refractivity contribution in [2.75, 3.05) is 19.5 Å². The van der Waals surface area contributed by atoms with Crippen molar-refractivity contribution in [1.82, 2.24) is 4.98 Å². The number of rotatable bonds is 6. The molecule has 1 aromatic carbocycles. The summed E-state index contributed by atoms with van der Waals surface area (Å²) in [5, 5.41) is 16.9. The average molecular weight is 321 g/mol. The Morgan fingerprint density at radius 1 is 1.22 bits per heavy atom. The Bertz CT molecular complexity index is 576. The van der Waals surface area contributed by atoms with Crippen molar-refractivity contribution in [3.8, 4) is 5.75 Å². The van der Waals surface area contributed by atoms with Gasteiger partial charge >= 0.3 is 6.02 Å². The fourth-order valence-electron chi connectivity index (χ4n) is 1.53. The van der Waals surface area contributed by atoms with Gasteiger partial charge in [0.2, 0.25) is 0 Å². The molecule has 124 valence electrons. The second-order valence-electron chi connectivity index (χ2n) is 3.99. The van der Waals surface area contributed by atoms with Crippen LogP contribution in [0, 0.1) is 0 Å². The Kier molecular flexibility index (Phi) is 8.76. The lowest BCUT2D eigenvalue weighted by molar-refractivity contribution is -0.484. The summed E-state index contributed by atoms with van der Waals surface area (Å²) in [5.74, 6) is 0.475. The summed E-state index contributed by atoms with van der Waals surface area (Å²) in [6.07, 6.45) is 1.70. The van der Waals surface area contributed by atoms with Crippen molar-refractivity contribution in [2.24, 2.45) is 5.73 Å². The smallest absolute Gasteiger partial charge is 0.444 e. The standard InChI is InChI=1S/C14H15N3O4.CH5N/c1-19-21-20-13-7-5-11(6-8-13)17-14(18)16-10-12-4-2-3-9-15-12;1-2/h2-9H,10H2,1H3,(H2,16,17,18);2H2,1H3/p+1. The van der Waals surface area contributed by atoms with E-state index in [0.717, 1.165) is 5.69 Å². The molecule has 8 heteroatoms. The molecule has 2 rings (SSSR count). The van der Waals surface area contributed by atoms with Crippen LogP contribution in [0.5, 0.6) is 5.75 Å². The van der Waals surface area contributed by atoms with E-state index >= 15 is 0 Å². The largest absolute Gasteiger partial charge is 0.447 e. The summed E-state index contributed by atoms with van der Waals surface area (Å²) in [6.45, 7) is 0.419. The minimum Gasteiger partial charge on any atom is -0.447 e. The van der Waals surface area contributed by atoms with Gasteiger partial charge in [0.15, 0.2) is 5.75 Å². The van der Waals surface area contributed by atoms with E-state index in [4.69, 9.17) is 4.89 Å². The molecule has 0 radical (unpaired) electrons. The van der Waals surface area contributed by atoms with Gasteiger partial charge in [-0.15, -0.1) is 0 Å². The summed E-state index contributed by atoms with van der Waals surface area (Å²) in [4.78, 5) is 16.1. The van der Waals surface area contributed by atoms with E-state index in [2.05, 4.69) is 31.0 Å². The highest BCUT2D eigenvalue weighted by Gasteiger charge is 2.06. The van der Waals surface area contributed by atoms with Crippen molar-refractivity contribution in [1.29, 1.82) is 0 Å². The zero-order chi connectivity index (χ0) is 16.9. The number of nitrogens with two attached hydrogens (primary N) is 1. The van der Waals surface area contributed by atoms with Crippen LogP contribution in [0.2, 0.25) is 0 Å². The summed E-state index contributed by atoms with van der Waals surface area (Å²) < 4.78 is 0. The Morgan fingerprint density at radius 2 is 1.96 bits per heavy atom. The van der Waals surface area contributed by atoms with Crippen LogP contribution in [0.1, 0.15) is 5.69 Å². The molecule has 23 heavy (non-hydrogen) atoms. The number of pyridine rings is 1. The van der Waals surface area contributed by atoms with E-state index in [1.54, 1.807) is 30.5 Å². The Hall–Kier alpha value is -2.68. The molecular formula is C15H21N4O4+.